The van der Waals surface area contributed by atoms with Crippen LogP contribution in [0.15, 0.2) is 230 Å². The summed E-state index contributed by atoms with van der Waals surface area (Å²) in [5.41, 5.74) is 20.9. The molecule has 312 valence electrons. The summed E-state index contributed by atoms with van der Waals surface area (Å²) in [7, 11) is 0. The van der Waals surface area contributed by atoms with Crippen LogP contribution < -0.4 is 9.80 Å². The zero-order valence-corrected chi connectivity index (χ0v) is 37.1. The summed E-state index contributed by atoms with van der Waals surface area (Å²) in [6.07, 6.45) is 37.9. The number of anilines is 5. The predicted molar refractivity (Wildman–Crippen MR) is 274 cm³/mol. The van der Waals surface area contributed by atoms with Crippen LogP contribution >= 0.6 is 0 Å². The van der Waals surface area contributed by atoms with E-state index < -0.39 is 0 Å². The van der Waals surface area contributed by atoms with Gasteiger partial charge in [-0.1, -0.05) is 148 Å². The third-order valence-electron chi connectivity index (χ3n) is 11.9. The monoisotopic (exact) mass is 818 g/mol. The standard InChI is InChI=1S/C58H50N2.C3H8/c1-3-43(4-2)47-19-31-53(32-20-47)59(54-37-25-50(26-38-54)46-17-11-12-18-46)57-39-27-51(28-40-57)52-29-41-58(42-30-52)60(55-33-21-48(22-34-55)44-13-7-5-8-14-44)56-35-23-49(24-36-56)45-15-9-6-10-16-45;1-3-2/h3-4,7,9,11,13-23,25-42,49H,1,5-6,8,10,24H2,2H3;3H2,1-2H3/b43-4+;. The summed E-state index contributed by atoms with van der Waals surface area (Å²) in [6, 6.07) is 44.6. The molecule has 4 aliphatic rings. The Morgan fingerprint density at radius 1 is 0.587 bits per heavy atom. The van der Waals surface area contributed by atoms with E-state index in [2.05, 4.69) is 231 Å². The fourth-order valence-corrected chi connectivity index (χ4v) is 8.57. The molecular weight excluding hydrogens is 761 g/mol. The maximum absolute atomic E-state index is 4.01. The van der Waals surface area contributed by atoms with Crippen LogP contribution in [-0.4, -0.2) is 0 Å². The second-order valence-electron chi connectivity index (χ2n) is 16.3. The second-order valence-corrected chi connectivity index (χ2v) is 16.3. The molecule has 9 rings (SSSR count). The fraction of sp³-hybridized carbons (Fsp3) is 0.164. The van der Waals surface area contributed by atoms with Gasteiger partial charge < -0.3 is 9.80 Å². The highest BCUT2D eigenvalue weighted by molar-refractivity contribution is 5.84. The molecule has 0 bridgehead atoms. The molecule has 0 aliphatic heterocycles. The Kier molecular flexibility index (Phi) is 13.9. The quantitative estimate of drug-likeness (QED) is 0.0914. The zero-order chi connectivity index (χ0) is 43.4. The van der Waals surface area contributed by atoms with Crippen molar-refractivity contribution in [2.75, 3.05) is 9.80 Å². The maximum Gasteiger partial charge on any atom is 0.0462 e. The van der Waals surface area contributed by atoms with Crippen molar-refractivity contribution < 1.29 is 0 Å². The molecule has 0 radical (unpaired) electrons. The summed E-state index contributed by atoms with van der Waals surface area (Å²) >= 11 is 0. The molecular formula is C61H58N2. The first kappa shape index (κ1) is 42.6. The first-order valence-corrected chi connectivity index (χ1v) is 22.7. The third kappa shape index (κ3) is 10.00. The van der Waals surface area contributed by atoms with Crippen molar-refractivity contribution in [2.45, 2.75) is 59.3 Å². The zero-order valence-electron chi connectivity index (χ0n) is 37.1. The molecule has 5 aromatic rings. The van der Waals surface area contributed by atoms with Crippen LogP contribution in [0.4, 0.5) is 28.4 Å². The van der Waals surface area contributed by atoms with E-state index in [9.17, 15) is 0 Å². The van der Waals surface area contributed by atoms with E-state index in [1.165, 1.54) is 51.1 Å². The van der Waals surface area contributed by atoms with Crippen molar-refractivity contribution in [3.63, 3.8) is 0 Å². The molecule has 2 nitrogen and oxygen atoms in total. The molecule has 5 aromatic carbocycles. The van der Waals surface area contributed by atoms with Crippen molar-refractivity contribution in [2.24, 2.45) is 5.92 Å². The summed E-state index contributed by atoms with van der Waals surface area (Å²) in [4.78, 5) is 4.72. The van der Waals surface area contributed by atoms with Gasteiger partial charge in [-0.2, -0.15) is 0 Å². The van der Waals surface area contributed by atoms with Crippen molar-refractivity contribution >= 4 is 45.2 Å². The maximum atomic E-state index is 4.01. The van der Waals surface area contributed by atoms with Crippen molar-refractivity contribution in [1.29, 1.82) is 0 Å². The predicted octanol–water partition coefficient (Wildman–Crippen LogP) is 17.5. The summed E-state index contributed by atoms with van der Waals surface area (Å²) in [5.74, 6) is 0.424. The van der Waals surface area contributed by atoms with Gasteiger partial charge in [0, 0.05) is 40.1 Å². The Labute approximate surface area is 376 Å². The van der Waals surface area contributed by atoms with E-state index in [4.69, 9.17) is 0 Å². The van der Waals surface area contributed by atoms with Crippen LogP contribution in [0.3, 0.4) is 0 Å². The molecule has 1 atom stereocenters. The lowest BCUT2D eigenvalue weighted by molar-refractivity contribution is 0.762. The van der Waals surface area contributed by atoms with Gasteiger partial charge in [-0.05, 0) is 174 Å². The smallest absolute Gasteiger partial charge is 0.0462 e. The molecule has 63 heavy (non-hydrogen) atoms. The van der Waals surface area contributed by atoms with Crippen LogP contribution in [0.5, 0.6) is 0 Å². The van der Waals surface area contributed by atoms with Gasteiger partial charge in [-0.15, -0.1) is 5.73 Å². The van der Waals surface area contributed by atoms with E-state index in [0.717, 1.165) is 71.7 Å². The normalized spacial score (nSPS) is 16.4. The first-order valence-electron chi connectivity index (χ1n) is 22.7. The Morgan fingerprint density at radius 2 is 1.10 bits per heavy atom. The lowest BCUT2D eigenvalue weighted by Crippen LogP contribution is -2.18. The van der Waals surface area contributed by atoms with Gasteiger partial charge >= 0.3 is 0 Å². The van der Waals surface area contributed by atoms with Crippen LogP contribution in [0.2, 0.25) is 0 Å². The van der Waals surface area contributed by atoms with E-state index in [1.54, 1.807) is 0 Å². The summed E-state index contributed by atoms with van der Waals surface area (Å²) in [6.45, 7) is 10.3. The molecule has 0 spiro atoms. The van der Waals surface area contributed by atoms with Gasteiger partial charge in [0.05, 0.1) is 0 Å². The van der Waals surface area contributed by atoms with Gasteiger partial charge in [0.1, 0.15) is 0 Å². The van der Waals surface area contributed by atoms with Gasteiger partial charge in [0.2, 0.25) is 0 Å². The fourth-order valence-electron chi connectivity index (χ4n) is 8.57. The molecule has 0 saturated carbocycles. The van der Waals surface area contributed by atoms with E-state index in [1.807, 2.05) is 18.2 Å². The van der Waals surface area contributed by atoms with Crippen LogP contribution in [0.1, 0.15) is 76.0 Å². The number of nitrogens with zero attached hydrogens (tertiary/aromatic N) is 2. The van der Waals surface area contributed by atoms with Gasteiger partial charge in [0.15, 0.2) is 0 Å². The number of allylic oxidation sites excluding steroid dienone is 17. The van der Waals surface area contributed by atoms with Crippen LogP contribution in [0, 0.1) is 5.92 Å². The van der Waals surface area contributed by atoms with E-state index >= 15 is 0 Å². The highest BCUT2D eigenvalue weighted by atomic mass is 15.1. The molecule has 0 saturated heterocycles. The Bertz CT molecular complexity index is 2650. The minimum Gasteiger partial charge on any atom is -0.311 e. The number of rotatable bonds is 12. The first-order chi connectivity index (χ1) is 31.1. The summed E-state index contributed by atoms with van der Waals surface area (Å²) < 4.78 is 0. The van der Waals surface area contributed by atoms with E-state index in [0.29, 0.717) is 5.92 Å². The highest BCUT2D eigenvalue weighted by Gasteiger charge is 2.20. The SMILES string of the molecule is C=C/C(=C\C)c1ccc(N(c2ccc(C3=CC=C=C3)cc2)c2ccc(-c3ccc(N(C4=CCC(C5=CCCC=C5)C=C4)c4ccc(C5=CCCC=C5)cc4)cc3)cc2)cc1.CCC. The van der Waals surface area contributed by atoms with Crippen LogP contribution in [0.25, 0.3) is 27.8 Å². The number of benzene rings is 5. The molecule has 0 amide bonds. The molecule has 2 heteroatoms. The topological polar surface area (TPSA) is 6.48 Å². The second kappa shape index (κ2) is 20.6. The molecule has 4 aliphatic carbocycles. The van der Waals surface area contributed by atoms with Crippen molar-refractivity contribution in [3.8, 4) is 11.1 Å². The molecule has 0 heterocycles. The van der Waals surface area contributed by atoms with Crippen molar-refractivity contribution in [1.82, 2.24) is 0 Å². The average molecular weight is 819 g/mol. The lowest BCUT2D eigenvalue weighted by atomic mass is 9.88. The summed E-state index contributed by atoms with van der Waals surface area (Å²) in [5, 5.41) is 0. The Hall–Kier alpha value is -7.12. The highest BCUT2D eigenvalue weighted by Crippen LogP contribution is 2.39. The van der Waals surface area contributed by atoms with Crippen LogP contribution in [-0.2, 0) is 0 Å². The third-order valence-corrected chi connectivity index (χ3v) is 11.9. The van der Waals surface area contributed by atoms with Crippen molar-refractivity contribution in [3.05, 3.63) is 247 Å². The Balaban J connectivity index is 0.00000177. The van der Waals surface area contributed by atoms with Gasteiger partial charge in [-0.25, -0.2) is 0 Å². The molecule has 0 aromatic heterocycles. The lowest BCUT2D eigenvalue weighted by Gasteiger charge is -2.30. The van der Waals surface area contributed by atoms with Gasteiger partial charge in [0.25, 0.3) is 0 Å². The minimum atomic E-state index is 0.424. The number of hydrogen-bond donors (Lipinski definition) is 0. The van der Waals surface area contributed by atoms with Gasteiger partial charge in [-0.3, -0.25) is 0 Å². The van der Waals surface area contributed by atoms with E-state index in [-0.39, 0.29) is 0 Å². The molecule has 1 unspecified atom stereocenters. The minimum absolute atomic E-state index is 0.424. The number of hydrogen-bond acceptors (Lipinski definition) is 2. The Morgan fingerprint density at radius 3 is 1.54 bits per heavy atom. The average Bonchev–Trinajstić information content (AvgIpc) is 3.90. The largest absolute Gasteiger partial charge is 0.311 e. The molecule has 0 fully saturated rings. The molecule has 0 N–H and O–H groups in total.